The SMILES string of the molecule is CCCC(CCN)CCc1nc2cc(OC)ccc2n1C. The predicted molar refractivity (Wildman–Crippen MR) is 87.7 cm³/mol. The van der Waals surface area contributed by atoms with Crippen LogP contribution in [0.1, 0.15) is 38.4 Å². The Hall–Kier alpha value is -1.55. The first-order valence-electron chi connectivity index (χ1n) is 7.89. The molecule has 1 unspecified atom stereocenters. The number of imidazole rings is 1. The predicted octanol–water partition coefficient (Wildman–Crippen LogP) is 3.28. The van der Waals surface area contributed by atoms with E-state index < -0.39 is 0 Å². The summed E-state index contributed by atoms with van der Waals surface area (Å²) in [6.07, 6.45) is 5.78. The maximum absolute atomic E-state index is 5.72. The fourth-order valence-corrected chi connectivity index (χ4v) is 2.99. The average Bonchev–Trinajstić information content (AvgIpc) is 2.81. The topological polar surface area (TPSA) is 53.1 Å². The van der Waals surface area contributed by atoms with Gasteiger partial charge in [0.05, 0.1) is 18.1 Å². The van der Waals surface area contributed by atoms with E-state index in [-0.39, 0.29) is 0 Å². The van der Waals surface area contributed by atoms with E-state index in [0.29, 0.717) is 5.92 Å². The monoisotopic (exact) mass is 289 g/mol. The highest BCUT2D eigenvalue weighted by Crippen LogP contribution is 2.23. The molecule has 1 heterocycles. The minimum absolute atomic E-state index is 0.717. The van der Waals surface area contributed by atoms with Crippen molar-refractivity contribution in [3.63, 3.8) is 0 Å². The van der Waals surface area contributed by atoms with Gasteiger partial charge in [-0.3, -0.25) is 0 Å². The molecule has 4 nitrogen and oxygen atoms in total. The van der Waals surface area contributed by atoms with Crippen molar-refractivity contribution in [2.24, 2.45) is 18.7 Å². The van der Waals surface area contributed by atoms with E-state index in [9.17, 15) is 0 Å². The van der Waals surface area contributed by atoms with E-state index in [1.165, 1.54) is 19.3 Å². The number of aryl methyl sites for hydroxylation is 2. The van der Waals surface area contributed by atoms with Gasteiger partial charge in [0.15, 0.2) is 0 Å². The minimum Gasteiger partial charge on any atom is -0.497 e. The number of rotatable bonds is 8. The van der Waals surface area contributed by atoms with Gasteiger partial charge in [-0.05, 0) is 37.4 Å². The highest BCUT2D eigenvalue weighted by molar-refractivity contribution is 5.77. The summed E-state index contributed by atoms with van der Waals surface area (Å²) < 4.78 is 7.47. The van der Waals surface area contributed by atoms with Gasteiger partial charge in [-0.25, -0.2) is 4.98 Å². The van der Waals surface area contributed by atoms with Crippen molar-refractivity contribution in [3.8, 4) is 5.75 Å². The van der Waals surface area contributed by atoms with Crippen LogP contribution in [0.2, 0.25) is 0 Å². The number of aromatic nitrogens is 2. The molecule has 1 aromatic heterocycles. The van der Waals surface area contributed by atoms with Crippen molar-refractivity contribution in [3.05, 3.63) is 24.0 Å². The van der Waals surface area contributed by atoms with Crippen LogP contribution in [-0.2, 0) is 13.5 Å². The molecule has 2 N–H and O–H groups in total. The molecule has 0 aliphatic rings. The summed E-state index contributed by atoms with van der Waals surface area (Å²) in [7, 11) is 3.78. The van der Waals surface area contributed by atoms with Crippen molar-refractivity contribution in [2.75, 3.05) is 13.7 Å². The molecule has 4 heteroatoms. The van der Waals surface area contributed by atoms with Gasteiger partial charge >= 0.3 is 0 Å². The molecule has 21 heavy (non-hydrogen) atoms. The summed E-state index contributed by atoms with van der Waals surface area (Å²) in [5.41, 5.74) is 7.89. The van der Waals surface area contributed by atoms with E-state index in [1.807, 2.05) is 12.1 Å². The number of methoxy groups -OCH3 is 1. The standard InChI is InChI=1S/C17H27N3O/c1-4-5-13(10-11-18)6-9-17-19-15-12-14(21-3)7-8-16(15)20(17)2/h7-8,12-13H,4-6,9-11,18H2,1-3H3. The first-order valence-corrected chi connectivity index (χ1v) is 7.89. The second-order valence-electron chi connectivity index (χ2n) is 5.71. The minimum atomic E-state index is 0.717. The van der Waals surface area contributed by atoms with Gasteiger partial charge < -0.3 is 15.0 Å². The Morgan fingerprint density at radius 2 is 2.10 bits per heavy atom. The smallest absolute Gasteiger partial charge is 0.121 e. The molecule has 116 valence electrons. The largest absolute Gasteiger partial charge is 0.497 e. The third kappa shape index (κ3) is 3.76. The van der Waals surface area contributed by atoms with Crippen molar-refractivity contribution in [1.82, 2.24) is 9.55 Å². The Morgan fingerprint density at radius 3 is 2.76 bits per heavy atom. The summed E-state index contributed by atoms with van der Waals surface area (Å²) >= 11 is 0. The van der Waals surface area contributed by atoms with Crippen LogP contribution in [0.5, 0.6) is 5.75 Å². The average molecular weight is 289 g/mol. The normalized spacial score (nSPS) is 12.8. The molecule has 0 amide bonds. The fraction of sp³-hybridized carbons (Fsp3) is 0.588. The summed E-state index contributed by atoms with van der Waals surface area (Å²) in [4.78, 5) is 4.76. The summed E-state index contributed by atoms with van der Waals surface area (Å²) in [5, 5.41) is 0. The van der Waals surface area contributed by atoms with Crippen molar-refractivity contribution in [1.29, 1.82) is 0 Å². The summed E-state index contributed by atoms with van der Waals surface area (Å²) in [5.74, 6) is 2.73. The first-order chi connectivity index (χ1) is 10.2. The Labute approximate surface area is 127 Å². The van der Waals surface area contributed by atoms with Gasteiger partial charge in [-0.15, -0.1) is 0 Å². The lowest BCUT2D eigenvalue weighted by Gasteiger charge is -2.14. The molecule has 1 atom stereocenters. The maximum Gasteiger partial charge on any atom is 0.121 e. The number of nitrogens with two attached hydrogens (primary N) is 1. The molecular formula is C17H27N3O. The Kier molecular flexibility index (Phi) is 5.62. The van der Waals surface area contributed by atoms with Crippen molar-refractivity contribution < 1.29 is 4.74 Å². The Balaban J connectivity index is 2.12. The lowest BCUT2D eigenvalue weighted by atomic mass is 9.94. The first kappa shape index (κ1) is 15.8. The maximum atomic E-state index is 5.72. The lowest BCUT2D eigenvalue weighted by molar-refractivity contribution is 0.415. The Bertz CT molecular complexity index is 571. The van der Waals surface area contributed by atoms with E-state index in [4.69, 9.17) is 15.5 Å². The fourth-order valence-electron chi connectivity index (χ4n) is 2.99. The zero-order chi connectivity index (χ0) is 15.2. The van der Waals surface area contributed by atoms with Crippen molar-refractivity contribution >= 4 is 11.0 Å². The molecule has 2 rings (SSSR count). The number of nitrogens with zero attached hydrogens (tertiary/aromatic N) is 2. The van der Waals surface area contributed by atoms with E-state index >= 15 is 0 Å². The molecule has 0 saturated heterocycles. The van der Waals surface area contributed by atoms with Gasteiger partial charge in [0.1, 0.15) is 11.6 Å². The molecule has 0 aliphatic heterocycles. The Morgan fingerprint density at radius 1 is 1.29 bits per heavy atom. The number of hydrogen-bond donors (Lipinski definition) is 1. The lowest BCUT2D eigenvalue weighted by Crippen LogP contribution is -2.11. The molecule has 0 bridgehead atoms. The third-order valence-electron chi connectivity index (χ3n) is 4.23. The van der Waals surface area contributed by atoms with Crippen LogP contribution in [0.3, 0.4) is 0 Å². The van der Waals surface area contributed by atoms with Gasteiger partial charge in [0, 0.05) is 19.5 Å². The van der Waals surface area contributed by atoms with Gasteiger partial charge in [0.2, 0.25) is 0 Å². The molecular weight excluding hydrogens is 262 g/mol. The zero-order valence-corrected chi connectivity index (χ0v) is 13.4. The quantitative estimate of drug-likeness (QED) is 0.811. The molecule has 0 fully saturated rings. The van der Waals surface area contributed by atoms with Crippen LogP contribution < -0.4 is 10.5 Å². The van der Waals surface area contributed by atoms with Crippen LogP contribution in [0.4, 0.5) is 0 Å². The summed E-state index contributed by atoms with van der Waals surface area (Å²) in [6, 6.07) is 6.07. The van der Waals surface area contributed by atoms with Gasteiger partial charge in [-0.1, -0.05) is 19.8 Å². The van der Waals surface area contributed by atoms with E-state index in [2.05, 4.69) is 24.6 Å². The number of ether oxygens (including phenoxy) is 1. The van der Waals surface area contributed by atoms with Gasteiger partial charge in [0.25, 0.3) is 0 Å². The van der Waals surface area contributed by atoms with Crippen LogP contribution >= 0.6 is 0 Å². The van der Waals surface area contributed by atoms with E-state index in [1.54, 1.807) is 7.11 Å². The van der Waals surface area contributed by atoms with E-state index in [0.717, 1.165) is 42.0 Å². The zero-order valence-electron chi connectivity index (χ0n) is 13.4. The number of benzene rings is 1. The highest BCUT2D eigenvalue weighted by Gasteiger charge is 2.12. The van der Waals surface area contributed by atoms with Crippen LogP contribution in [0, 0.1) is 5.92 Å². The van der Waals surface area contributed by atoms with Gasteiger partial charge in [-0.2, -0.15) is 0 Å². The van der Waals surface area contributed by atoms with Crippen LogP contribution in [0.15, 0.2) is 18.2 Å². The molecule has 0 saturated carbocycles. The highest BCUT2D eigenvalue weighted by atomic mass is 16.5. The molecule has 0 radical (unpaired) electrons. The van der Waals surface area contributed by atoms with Crippen LogP contribution in [0.25, 0.3) is 11.0 Å². The number of fused-ring (bicyclic) bond motifs is 1. The second-order valence-corrected chi connectivity index (χ2v) is 5.71. The molecule has 1 aromatic carbocycles. The second kappa shape index (κ2) is 7.46. The summed E-state index contributed by atoms with van der Waals surface area (Å²) in [6.45, 7) is 3.02. The van der Waals surface area contributed by atoms with Crippen LogP contribution in [-0.4, -0.2) is 23.2 Å². The molecule has 2 aromatic rings. The molecule has 0 aliphatic carbocycles. The van der Waals surface area contributed by atoms with Crippen molar-refractivity contribution in [2.45, 2.75) is 39.0 Å². The third-order valence-corrected chi connectivity index (χ3v) is 4.23. The number of hydrogen-bond acceptors (Lipinski definition) is 3. The molecule has 0 spiro atoms.